The molecule has 168 valence electrons. The maximum atomic E-state index is 12.6. The fraction of sp³-hybridized carbons (Fsp3) is 0.476. The normalized spacial score (nSPS) is 18.9. The molecule has 3 rings (SSSR count). The van der Waals surface area contributed by atoms with E-state index in [2.05, 4.69) is 25.9 Å². The van der Waals surface area contributed by atoms with Crippen LogP contribution in [-0.2, 0) is 6.18 Å². The molecular weight excluding hydrogens is 409 g/mol. The number of aromatic nitrogens is 2. The van der Waals surface area contributed by atoms with Crippen LogP contribution in [0.2, 0.25) is 0 Å². The number of amides is 2. The Morgan fingerprint density at radius 3 is 2.26 bits per heavy atom. The zero-order valence-corrected chi connectivity index (χ0v) is 17.8. The third kappa shape index (κ3) is 6.22. The Hall–Kier alpha value is -3.04. The van der Waals surface area contributed by atoms with E-state index in [9.17, 15) is 18.0 Å². The number of carbonyl (C=O) groups is 1. The maximum Gasteiger partial charge on any atom is 0.416 e. The number of nitrogens with one attached hydrogen (secondary N) is 3. The molecule has 0 spiro atoms. The zero-order chi connectivity index (χ0) is 22.6. The summed E-state index contributed by atoms with van der Waals surface area (Å²) in [5, 5.41) is 8.84. The molecule has 31 heavy (non-hydrogen) atoms. The van der Waals surface area contributed by atoms with Gasteiger partial charge in [0.15, 0.2) is 0 Å². The van der Waals surface area contributed by atoms with Gasteiger partial charge in [0.05, 0.1) is 5.56 Å². The van der Waals surface area contributed by atoms with Crippen LogP contribution >= 0.6 is 0 Å². The summed E-state index contributed by atoms with van der Waals surface area (Å²) in [7, 11) is 3.87. The third-order valence-electron chi connectivity index (χ3n) is 5.23. The largest absolute Gasteiger partial charge is 0.416 e. The zero-order valence-electron chi connectivity index (χ0n) is 17.8. The first-order valence-electron chi connectivity index (χ1n) is 10.1. The number of carbonyl (C=O) groups excluding carboxylic acids is 1. The van der Waals surface area contributed by atoms with Crippen molar-refractivity contribution in [1.29, 1.82) is 0 Å². The lowest BCUT2D eigenvalue weighted by Gasteiger charge is -2.30. The van der Waals surface area contributed by atoms with Crippen LogP contribution in [0.4, 0.5) is 35.4 Å². The van der Waals surface area contributed by atoms with Crippen molar-refractivity contribution in [2.24, 2.45) is 0 Å². The highest BCUT2D eigenvalue weighted by Crippen LogP contribution is 2.30. The van der Waals surface area contributed by atoms with E-state index >= 15 is 0 Å². The van der Waals surface area contributed by atoms with Crippen molar-refractivity contribution in [3.05, 3.63) is 41.6 Å². The molecule has 10 heteroatoms. The van der Waals surface area contributed by atoms with Gasteiger partial charge < -0.3 is 20.9 Å². The molecule has 0 radical (unpaired) electrons. The van der Waals surface area contributed by atoms with Gasteiger partial charge in [-0.15, -0.1) is 0 Å². The van der Waals surface area contributed by atoms with Crippen LogP contribution in [0.15, 0.2) is 30.5 Å². The quantitative estimate of drug-likeness (QED) is 0.647. The minimum Gasteiger partial charge on any atom is -0.362 e. The summed E-state index contributed by atoms with van der Waals surface area (Å²) in [6, 6.07) is 4.17. The minimum absolute atomic E-state index is 0.00349. The van der Waals surface area contributed by atoms with Gasteiger partial charge >= 0.3 is 12.2 Å². The van der Waals surface area contributed by atoms with Crippen LogP contribution < -0.4 is 20.9 Å². The van der Waals surface area contributed by atoms with Crippen LogP contribution in [0.3, 0.4) is 0 Å². The summed E-state index contributed by atoms with van der Waals surface area (Å²) in [6.45, 7) is 1.96. The first kappa shape index (κ1) is 22.6. The molecule has 0 aliphatic heterocycles. The van der Waals surface area contributed by atoms with Crippen molar-refractivity contribution in [1.82, 2.24) is 15.3 Å². The molecule has 1 aliphatic carbocycles. The van der Waals surface area contributed by atoms with Crippen molar-refractivity contribution in [2.75, 3.05) is 29.6 Å². The molecule has 3 N–H and O–H groups in total. The van der Waals surface area contributed by atoms with Crippen molar-refractivity contribution in [3.8, 4) is 0 Å². The van der Waals surface area contributed by atoms with Gasteiger partial charge in [0.2, 0.25) is 5.95 Å². The van der Waals surface area contributed by atoms with E-state index in [4.69, 9.17) is 0 Å². The lowest BCUT2D eigenvalue weighted by molar-refractivity contribution is -0.137. The predicted molar refractivity (Wildman–Crippen MR) is 114 cm³/mol. The molecule has 7 nitrogen and oxygen atoms in total. The Morgan fingerprint density at radius 2 is 1.68 bits per heavy atom. The summed E-state index contributed by atoms with van der Waals surface area (Å²) < 4.78 is 37.9. The topological polar surface area (TPSA) is 82.2 Å². The SMILES string of the molecule is Cc1cnc(NC2CCC(NC(=O)Nc3ccc(C(F)(F)F)cc3)CC2)nc1N(C)C. The second-order valence-electron chi connectivity index (χ2n) is 7.96. The van der Waals surface area contributed by atoms with Gasteiger partial charge in [-0.3, -0.25) is 0 Å². The Kier molecular flexibility index (Phi) is 6.87. The molecule has 0 unspecified atom stereocenters. The summed E-state index contributed by atoms with van der Waals surface area (Å²) in [4.78, 5) is 23.0. The lowest BCUT2D eigenvalue weighted by atomic mass is 9.91. The number of nitrogens with zero attached hydrogens (tertiary/aromatic N) is 3. The number of anilines is 3. The van der Waals surface area contributed by atoms with Gasteiger partial charge in [-0.1, -0.05) is 0 Å². The average molecular weight is 436 g/mol. The van der Waals surface area contributed by atoms with Crippen LogP contribution in [0.5, 0.6) is 0 Å². The van der Waals surface area contributed by atoms with Crippen molar-refractivity contribution < 1.29 is 18.0 Å². The number of benzene rings is 1. The molecule has 1 aromatic heterocycles. The summed E-state index contributed by atoms with van der Waals surface area (Å²) in [5.41, 5.74) is 0.566. The number of hydrogen-bond donors (Lipinski definition) is 3. The van der Waals surface area contributed by atoms with Gasteiger partial charge in [-0.2, -0.15) is 18.2 Å². The second-order valence-corrected chi connectivity index (χ2v) is 7.96. The number of aryl methyl sites for hydroxylation is 1. The fourth-order valence-electron chi connectivity index (χ4n) is 3.62. The summed E-state index contributed by atoms with van der Waals surface area (Å²) in [5.74, 6) is 1.46. The highest BCUT2D eigenvalue weighted by Gasteiger charge is 2.30. The van der Waals surface area contributed by atoms with Crippen molar-refractivity contribution in [3.63, 3.8) is 0 Å². The summed E-state index contributed by atoms with van der Waals surface area (Å²) in [6.07, 6.45) is 0.656. The lowest BCUT2D eigenvalue weighted by Crippen LogP contribution is -2.42. The summed E-state index contributed by atoms with van der Waals surface area (Å²) >= 11 is 0. The molecule has 1 fully saturated rings. The van der Waals surface area contributed by atoms with Gasteiger partial charge in [0.25, 0.3) is 0 Å². The monoisotopic (exact) mass is 436 g/mol. The van der Waals surface area contributed by atoms with Crippen LogP contribution in [0.25, 0.3) is 0 Å². The molecule has 2 aromatic rings. The van der Waals surface area contributed by atoms with Gasteiger partial charge in [-0.05, 0) is 56.9 Å². The number of halogens is 3. The van der Waals surface area contributed by atoms with E-state index in [0.29, 0.717) is 11.6 Å². The average Bonchev–Trinajstić information content (AvgIpc) is 2.70. The number of hydrogen-bond acceptors (Lipinski definition) is 5. The van der Waals surface area contributed by atoms with E-state index in [0.717, 1.165) is 49.2 Å². The van der Waals surface area contributed by atoms with Gasteiger partial charge in [0.1, 0.15) is 5.82 Å². The molecule has 1 aromatic carbocycles. The molecular formula is C21H27F3N6O. The van der Waals surface area contributed by atoms with E-state index in [-0.39, 0.29) is 12.1 Å². The van der Waals surface area contributed by atoms with Crippen LogP contribution in [-0.4, -0.2) is 42.2 Å². The van der Waals surface area contributed by atoms with Crippen molar-refractivity contribution in [2.45, 2.75) is 50.9 Å². The number of alkyl halides is 3. The molecule has 0 atom stereocenters. The Labute approximate surface area is 179 Å². The minimum atomic E-state index is -4.40. The van der Waals surface area contributed by atoms with E-state index < -0.39 is 17.8 Å². The van der Waals surface area contributed by atoms with E-state index in [1.165, 1.54) is 12.1 Å². The number of urea groups is 1. The molecule has 2 amide bonds. The van der Waals surface area contributed by atoms with Crippen molar-refractivity contribution >= 4 is 23.5 Å². The molecule has 1 saturated carbocycles. The smallest absolute Gasteiger partial charge is 0.362 e. The van der Waals surface area contributed by atoms with Crippen LogP contribution in [0, 0.1) is 6.92 Å². The van der Waals surface area contributed by atoms with Gasteiger partial charge in [-0.25, -0.2) is 9.78 Å². The fourth-order valence-corrected chi connectivity index (χ4v) is 3.62. The van der Waals surface area contributed by atoms with Gasteiger partial charge in [0, 0.05) is 43.6 Å². The molecule has 1 heterocycles. The molecule has 1 aliphatic rings. The Morgan fingerprint density at radius 1 is 1.06 bits per heavy atom. The first-order valence-corrected chi connectivity index (χ1v) is 10.1. The van der Waals surface area contributed by atoms with Crippen LogP contribution in [0.1, 0.15) is 36.8 Å². The second kappa shape index (κ2) is 9.40. The van der Waals surface area contributed by atoms with E-state index in [1.807, 2.05) is 25.9 Å². The standard InChI is InChI=1S/C21H27F3N6O/c1-13-12-25-19(29-18(13)30(2)3)26-15-8-10-17(11-9-15)28-20(31)27-16-6-4-14(5-7-16)21(22,23)24/h4-7,12,15,17H,8-11H2,1-3H3,(H,25,26,29)(H2,27,28,31). The highest BCUT2D eigenvalue weighted by molar-refractivity contribution is 5.89. The Balaban J connectivity index is 1.46. The highest BCUT2D eigenvalue weighted by atomic mass is 19.4. The maximum absolute atomic E-state index is 12.6. The first-order chi connectivity index (χ1) is 14.6. The predicted octanol–water partition coefficient (Wildman–Crippen LogP) is 4.41. The number of rotatable bonds is 5. The molecule has 0 saturated heterocycles. The third-order valence-corrected chi connectivity index (χ3v) is 5.23. The van der Waals surface area contributed by atoms with E-state index in [1.54, 1.807) is 6.20 Å². The Bertz CT molecular complexity index is 893. The molecule has 0 bridgehead atoms.